The number of likely N-dealkylation sites (tertiary alicyclic amines) is 1. The Morgan fingerprint density at radius 2 is 1.87 bits per heavy atom. The lowest BCUT2D eigenvalue weighted by molar-refractivity contribution is -0.131. The molecule has 2 aliphatic rings. The minimum atomic E-state index is -1.20. The van der Waals surface area contributed by atoms with Crippen LogP contribution in [0.15, 0.2) is 24.3 Å². The lowest BCUT2D eigenvalue weighted by Crippen LogP contribution is -2.42. The Morgan fingerprint density at radius 1 is 1.17 bits per heavy atom. The van der Waals surface area contributed by atoms with Crippen molar-refractivity contribution in [1.29, 1.82) is 0 Å². The lowest BCUT2D eigenvalue weighted by Gasteiger charge is -2.21. The number of benzene rings is 1. The molecule has 1 aromatic carbocycles. The van der Waals surface area contributed by atoms with E-state index >= 15 is 0 Å². The zero-order chi connectivity index (χ0) is 16.1. The molecule has 2 fully saturated rings. The first-order valence-corrected chi connectivity index (χ1v) is 9.74. The maximum Gasteiger partial charge on any atom is 0.257 e. The van der Waals surface area contributed by atoms with Crippen LogP contribution in [0, 0.1) is 0 Å². The van der Waals surface area contributed by atoms with Crippen LogP contribution in [0.4, 0.5) is 5.69 Å². The minimum Gasteiger partial charge on any atom is -0.379 e. The molecule has 1 atom stereocenters. The van der Waals surface area contributed by atoms with Crippen molar-refractivity contribution < 1.29 is 9.90 Å². The summed E-state index contributed by atoms with van der Waals surface area (Å²) < 4.78 is 0. The van der Waals surface area contributed by atoms with Gasteiger partial charge in [-0.3, -0.25) is 9.69 Å². The third-order valence-electron chi connectivity index (χ3n) is 4.74. The van der Waals surface area contributed by atoms with E-state index in [-0.39, 0.29) is 5.91 Å². The molecule has 1 amide bonds. The molecule has 2 aliphatic heterocycles. The highest BCUT2D eigenvalue weighted by molar-refractivity contribution is 7.99. The van der Waals surface area contributed by atoms with Crippen molar-refractivity contribution in [2.24, 2.45) is 0 Å². The number of nitrogens with one attached hydrogen (secondary N) is 1. The van der Waals surface area contributed by atoms with Gasteiger partial charge in [0.1, 0.15) is 0 Å². The molecule has 2 saturated heterocycles. The van der Waals surface area contributed by atoms with Crippen LogP contribution in [-0.4, -0.2) is 46.1 Å². The molecule has 0 bridgehead atoms. The molecular formula is C18H26N2O2S. The van der Waals surface area contributed by atoms with Crippen LogP contribution in [0.2, 0.25) is 0 Å². The molecule has 2 N–H and O–H groups in total. The fraction of sp³-hybridized carbons (Fsp3) is 0.611. The molecule has 0 saturated carbocycles. The Morgan fingerprint density at radius 3 is 2.48 bits per heavy atom. The average Bonchev–Trinajstić information content (AvgIpc) is 2.85. The predicted octanol–water partition coefficient (Wildman–Crippen LogP) is 2.87. The first-order chi connectivity index (χ1) is 11.2. The maximum absolute atomic E-state index is 12.2. The Kier molecular flexibility index (Phi) is 5.62. The molecule has 0 radical (unpaired) electrons. The first kappa shape index (κ1) is 16.8. The van der Waals surface area contributed by atoms with Gasteiger partial charge in [-0.1, -0.05) is 25.0 Å². The summed E-state index contributed by atoms with van der Waals surface area (Å²) in [6.45, 7) is 3.35. The van der Waals surface area contributed by atoms with Gasteiger partial charge in [0.2, 0.25) is 0 Å². The molecule has 0 aromatic heterocycles. The van der Waals surface area contributed by atoms with Gasteiger partial charge in [-0.25, -0.2) is 0 Å². The second-order valence-corrected chi connectivity index (χ2v) is 7.78. The number of nitrogens with zero attached hydrogens (tertiary/aromatic N) is 1. The number of rotatable bonds is 4. The zero-order valence-electron chi connectivity index (χ0n) is 13.6. The van der Waals surface area contributed by atoms with Gasteiger partial charge < -0.3 is 10.4 Å². The van der Waals surface area contributed by atoms with E-state index in [4.69, 9.17) is 0 Å². The molecular weight excluding hydrogens is 308 g/mol. The van der Waals surface area contributed by atoms with Crippen LogP contribution < -0.4 is 5.32 Å². The Bertz CT molecular complexity index is 518. The standard InChI is InChI=1S/C18H26N2O2S/c21-17(18(22)9-12-23-14-18)19-16-7-5-15(6-8-16)13-20-10-3-1-2-4-11-20/h5-8,22H,1-4,9-14H2,(H,19,21)/t18-/m1/s1. The second kappa shape index (κ2) is 7.69. The highest BCUT2D eigenvalue weighted by Gasteiger charge is 2.39. The molecule has 126 valence electrons. The Labute approximate surface area is 142 Å². The maximum atomic E-state index is 12.2. The van der Waals surface area contributed by atoms with Gasteiger partial charge in [0, 0.05) is 18.0 Å². The molecule has 3 rings (SSSR count). The summed E-state index contributed by atoms with van der Waals surface area (Å²) in [6.07, 6.45) is 5.83. The summed E-state index contributed by atoms with van der Waals surface area (Å²) in [5.74, 6) is 1.06. The summed E-state index contributed by atoms with van der Waals surface area (Å²) in [6, 6.07) is 8.04. The Balaban J connectivity index is 1.55. The van der Waals surface area contributed by atoms with Crippen LogP contribution in [0.25, 0.3) is 0 Å². The first-order valence-electron chi connectivity index (χ1n) is 8.59. The number of hydrogen-bond acceptors (Lipinski definition) is 4. The van der Waals surface area contributed by atoms with Crippen molar-refractivity contribution in [3.63, 3.8) is 0 Å². The average molecular weight is 334 g/mol. The minimum absolute atomic E-state index is 0.275. The number of amides is 1. The topological polar surface area (TPSA) is 52.6 Å². The number of carbonyl (C=O) groups is 1. The third kappa shape index (κ3) is 4.49. The quantitative estimate of drug-likeness (QED) is 0.889. The van der Waals surface area contributed by atoms with E-state index < -0.39 is 5.60 Å². The van der Waals surface area contributed by atoms with Gasteiger partial charge in [-0.15, -0.1) is 0 Å². The molecule has 0 unspecified atom stereocenters. The van der Waals surface area contributed by atoms with E-state index in [1.165, 1.54) is 44.3 Å². The SMILES string of the molecule is O=C(Nc1ccc(CN2CCCCCC2)cc1)[C@@]1(O)CCSC1. The van der Waals surface area contributed by atoms with E-state index in [0.29, 0.717) is 12.2 Å². The van der Waals surface area contributed by atoms with Crippen molar-refractivity contribution in [3.05, 3.63) is 29.8 Å². The number of aliphatic hydroxyl groups is 1. The third-order valence-corrected chi connectivity index (χ3v) is 5.91. The van der Waals surface area contributed by atoms with Gasteiger partial charge in [0.15, 0.2) is 5.60 Å². The monoisotopic (exact) mass is 334 g/mol. The summed E-state index contributed by atoms with van der Waals surface area (Å²) in [5.41, 5.74) is 0.843. The fourth-order valence-electron chi connectivity index (χ4n) is 3.23. The van der Waals surface area contributed by atoms with Crippen molar-refractivity contribution in [3.8, 4) is 0 Å². The normalized spacial score (nSPS) is 26.0. The summed E-state index contributed by atoms with van der Waals surface area (Å²) >= 11 is 1.63. The van der Waals surface area contributed by atoms with Crippen molar-refractivity contribution in [1.82, 2.24) is 4.90 Å². The van der Waals surface area contributed by atoms with Crippen LogP contribution in [0.5, 0.6) is 0 Å². The molecule has 0 spiro atoms. The van der Waals surface area contributed by atoms with Gasteiger partial charge in [-0.05, 0) is 55.8 Å². The summed E-state index contributed by atoms with van der Waals surface area (Å²) in [5, 5.41) is 13.1. The smallest absolute Gasteiger partial charge is 0.257 e. The summed E-state index contributed by atoms with van der Waals surface area (Å²) in [4.78, 5) is 14.7. The van der Waals surface area contributed by atoms with E-state index in [1.807, 2.05) is 12.1 Å². The van der Waals surface area contributed by atoms with Crippen molar-refractivity contribution in [2.45, 2.75) is 44.2 Å². The Hall–Kier alpha value is -1.04. The number of hydrogen-bond donors (Lipinski definition) is 2. The van der Waals surface area contributed by atoms with Crippen LogP contribution in [0.3, 0.4) is 0 Å². The van der Waals surface area contributed by atoms with Gasteiger partial charge in [-0.2, -0.15) is 11.8 Å². The van der Waals surface area contributed by atoms with E-state index in [2.05, 4.69) is 22.3 Å². The number of thioether (sulfide) groups is 1. The highest BCUT2D eigenvalue weighted by atomic mass is 32.2. The molecule has 5 heteroatoms. The predicted molar refractivity (Wildman–Crippen MR) is 95.7 cm³/mol. The largest absolute Gasteiger partial charge is 0.379 e. The lowest BCUT2D eigenvalue weighted by atomic mass is 10.0. The molecule has 2 heterocycles. The van der Waals surface area contributed by atoms with Gasteiger partial charge in [0.05, 0.1) is 0 Å². The van der Waals surface area contributed by atoms with Gasteiger partial charge in [0.25, 0.3) is 5.91 Å². The van der Waals surface area contributed by atoms with Gasteiger partial charge >= 0.3 is 0 Å². The number of anilines is 1. The van der Waals surface area contributed by atoms with E-state index in [1.54, 1.807) is 11.8 Å². The zero-order valence-corrected chi connectivity index (χ0v) is 14.4. The number of carbonyl (C=O) groups excluding carboxylic acids is 1. The highest BCUT2D eigenvalue weighted by Crippen LogP contribution is 2.29. The van der Waals surface area contributed by atoms with Crippen LogP contribution in [-0.2, 0) is 11.3 Å². The van der Waals surface area contributed by atoms with Crippen LogP contribution in [0.1, 0.15) is 37.7 Å². The fourth-order valence-corrected chi connectivity index (χ4v) is 4.47. The van der Waals surface area contributed by atoms with E-state index in [9.17, 15) is 9.90 Å². The van der Waals surface area contributed by atoms with E-state index in [0.717, 1.165) is 18.0 Å². The molecule has 23 heavy (non-hydrogen) atoms. The molecule has 1 aromatic rings. The van der Waals surface area contributed by atoms with Crippen LogP contribution >= 0.6 is 11.8 Å². The summed E-state index contributed by atoms with van der Waals surface area (Å²) in [7, 11) is 0. The van der Waals surface area contributed by atoms with Crippen molar-refractivity contribution in [2.75, 3.05) is 29.9 Å². The molecule has 0 aliphatic carbocycles. The molecule has 4 nitrogen and oxygen atoms in total. The second-order valence-electron chi connectivity index (χ2n) is 6.68. The van der Waals surface area contributed by atoms with Crippen molar-refractivity contribution >= 4 is 23.4 Å².